The van der Waals surface area contributed by atoms with Gasteiger partial charge in [0, 0.05) is 32.2 Å². The molecule has 2 rings (SSSR count). The molecule has 0 atom stereocenters. The maximum Gasteiger partial charge on any atom is 0.242 e. The van der Waals surface area contributed by atoms with E-state index in [-0.39, 0.29) is 4.90 Å². The molecule has 2 aromatic carbocycles. The van der Waals surface area contributed by atoms with Gasteiger partial charge >= 0.3 is 0 Å². The van der Waals surface area contributed by atoms with Crippen molar-refractivity contribution < 1.29 is 13.2 Å². The molecule has 0 aliphatic rings. The number of benzene rings is 2. The van der Waals surface area contributed by atoms with Crippen molar-refractivity contribution >= 4 is 21.6 Å². The van der Waals surface area contributed by atoms with Crippen LogP contribution in [0.15, 0.2) is 53.4 Å². The summed E-state index contributed by atoms with van der Waals surface area (Å²) >= 11 is 6.16. The summed E-state index contributed by atoms with van der Waals surface area (Å²) in [5.74, 6) is 0.642. The Kier molecular flexibility index (Phi) is 6.84. The molecule has 0 heterocycles. The third-order valence-corrected chi connectivity index (χ3v) is 5.94. The van der Waals surface area contributed by atoms with Gasteiger partial charge in [-0.3, -0.25) is 4.90 Å². The van der Waals surface area contributed by atoms with Crippen molar-refractivity contribution in [2.45, 2.75) is 11.4 Å². The predicted molar refractivity (Wildman–Crippen MR) is 101 cm³/mol. The van der Waals surface area contributed by atoms with E-state index in [1.54, 1.807) is 24.3 Å². The molecule has 0 saturated heterocycles. The van der Waals surface area contributed by atoms with Crippen LogP contribution in [-0.4, -0.2) is 51.9 Å². The molecule has 0 aliphatic heterocycles. The SMILES string of the molecule is CN(CCOc1ccc(S(=O)(=O)N(C)C)cc1)Cc1ccccc1Cl. The van der Waals surface area contributed by atoms with Crippen LogP contribution in [0.25, 0.3) is 0 Å². The fourth-order valence-corrected chi connectivity index (χ4v) is 3.33. The minimum absolute atomic E-state index is 0.251. The first-order chi connectivity index (χ1) is 11.8. The Morgan fingerprint density at radius 1 is 1.00 bits per heavy atom. The fourth-order valence-electron chi connectivity index (χ4n) is 2.23. The van der Waals surface area contributed by atoms with E-state index in [0.717, 1.165) is 23.7 Å². The molecule has 25 heavy (non-hydrogen) atoms. The van der Waals surface area contributed by atoms with Crippen LogP contribution in [0.3, 0.4) is 0 Å². The molecule has 0 saturated carbocycles. The zero-order valence-electron chi connectivity index (χ0n) is 14.6. The van der Waals surface area contributed by atoms with Crippen molar-refractivity contribution in [2.24, 2.45) is 0 Å². The molecule has 0 N–H and O–H groups in total. The van der Waals surface area contributed by atoms with Crippen LogP contribution in [0.4, 0.5) is 0 Å². The monoisotopic (exact) mass is 382 g/mol. The molecule has 5 nitrogen and oxygen atoms in total. The summed E-state index contributed by atoms with van der Waals surface area (Å²) in [6.07, 6.45) is 0. The third kappa shape index (κ3) is 5.44. The molecule has 0 amide bonds. The van der Waals surface area contributed by atoms with Crippen LogP contribution in [0.2, 0.25) is 5.02 Å². The molecule has 0 unspecified atom stereocenters. The summed E-state index contributed by atoms with van der Waals surface area (Å²) < 4.78 is 30.9. The minimum Gasteiger partial charge on any atom is -0.492 e. The van der Waals surface area contributed by atoms with Crippen LogP contribution in [0.1, 0.15) is 5.56 Å². The number of rotatable bonds is 8. The van der Waals surface area contributed by atoms with Gasteiger partial charge in [-0.25, -0.2) is 12.7 Å². The highest BCUT2D eigenvalue weighted by Crippen LogP contribution is 2.19. The summed E-state index contributed by atoms with van der Waals surface area (Å²) in [7, 11) is 1.61. The minimum atomic E-state index is -3.41. The molecular formula is C18H23ClN2O3S. The highest BCUT2D eigenvalue weighted by atomic mass is 35.5. The molecule has 0 radical (unpaired) electrons. The summed E-state index contributed by atoms with van der Waals surface area (Å²) in [6, 6.07) is 14.2. The number of halogens is 1. The molecule has 7 heteroatoms. The van der Waals surface area contributed by atoms with Gasteiger partial charge < -0.3 is 4.74 Å². The van der Waals surface area contributed by atoms with Crippen LogP contribution >= 0.6 is 11.6 Å². The zero-order chi connectivity index (χ0) is 18.4. The lowest BCUT2D eigenvalue weighted by atomic mass is 10.2. The van der Waals surface area contributed by atoms with Gasteiger partial charge in [0.15, 0.2) is 0 Å². The van der Waals surface area contributed by atoms with E-state index in [0.29, 0.717) is 12.4 Å². The quantitative estimate of drug-likeness (QED) is 0.704. The van der Waals surface area contributed by atoms with E-state index in [1.165, 1.54) is 18.4 Å². The fraction of sp³-hybridized carbons (Fsp3) is 0.333. The summed E-state index contributed by atoms with van der Waals surface area (Å²) in [4.78, 5) is 2.37. The summed E-state index contributed by atoms with van der Waals surface area (Å²) in [6.45, 7) is 1.97. The topological polar surface area (TPSA) is 49.9 Å². The first kappa shape index (κ1) is 19.7. The van der Waals surface area contributed by atoms with Crippen molar-refractivity contribution in [1.82, 2.24) is 9.21 Å². The van der Waals surface area contributed by atoms with Crippen LogP contribution in [0, 0.1) is 0 Å². The Hall–Kier alpha value is -1.60. The molecule has 0 fully saturated rings. The Bertz CT molecular complexity index is 792. The smallest absolute Gasteiger partial charge is 0.242 e. The van der Waals surface area contributed by atoms with Crippen LogP contribution in [-0.2, 0) is 16.6 Å². The lowest BCUT2D eigenvalue weighted by molar-refractivity contribution is 0.233. The number of sulfonamides is 1. The lowest BCUT2D eigenvalue weighted by Gasteiger charge is -2.18. The maximum absolute atomic E-state index is 12.0. The van der Waals surface area contributed by atoms with Crippen LogP contribution < -0.4 is 4.74 Å². The predicted octanol–water partition coefficient (Wildman–Crippen LogP) is 3.10. The second kappa shape index (κ2) is 8.67. The first-order valence-electron chi connectivity index (χ1n) is 7.88. The molecule has 0 aromatic heterocycles. The Morgan fingerprint density at radius 3 is 2.24 bits per heavy atom. The van der Waals surface area contributed by atoms with Gasteiger partial charge in [0.05, 0.1) is 4.90 Å². The van der Waals surface area contributed by atoms with Gasteiger partial charge in [0.1, 0.15) is 12.4 Å². The average Bonchev–Trinajstić information content (AvgIpc) is 2.57. The van der Waals surface area contributed by atoms with Crippen molar-refractivity contribution in [2.75, 3.05) is 34.3 Å². The summed E-state index contributed by atoms with van der Waals surface area (Å²) in [5, 5.41) is 0.757. The normalized spacial score (nSPS) is 11.9. The molecule has 0 bridgehead atoms. The number of likely N-dealkylation sites (N-methyl/N-ethyl adjacent to an activating group) is 1. The van der Waals surface area contributed by atoms with E-state index in [9.17, 15) is 8.42 Å². The van der Waals surface area contributed by atoms with Crippen molar-refractivity contribution in [1.29, 1.82) is 0 Å². The highest BCUT2D eigenvalue weighted by molar-refractivity contribution is 7.89. The second-order valence-electron chi connectivity index (χ2n) is 5.94. The van der Waals surface area contributed by atoms with Crippen LogP contribution in [0.5, 0.6) is 5.75 Å². The molecule has 2 aromatic rings. The van der Waals surface area contributed by atoms with E-state index >= 15 is 0 Å². The van der Waals surface area contributed by atoms with Gasteiger partial charge in [-0.05, 0) is 42.9 Å². The standard InChI is InChI=1S/C18H23ClN2O3S/c1-20(2)25(22,23)17-10-8-16(9-11-17)24-13-12-21(3)14-15-6-4-5-7-18(15)19/h4-11H,12-14H2,1-3H3. The van der Waals surface area contributed by atoms with Gasteiger partial charge in [-0.1, -0.05) is 29.8 Å². The number of ether oxygens (including phenoxy) is 1. The van der Waals surface area contributed by atoms with E-state index in [1.807, 2.05) is 31.3 Å². The number of hydrogen-bond acceptors (Lipinski definition) is 4. The first-order valence-corrected chi connectivity index (χ1v) is 9.70. The van der Waals surface area contributed by atoms with Gasteiger partial charge in [-0.2, -0.15) is 0 Å². The average molecular weight is 383 g/mol. The van der Waals surface area contributed by atoms with Crippen molar-refractivity contribution in [3.8, 4) is 5.75 Å². The number of nitrogens with zero attached hydrogens (tertiary/aromatic N) is 2. The second-order valence-corrected chi connectivity index (χ2v) is 8.50. The molecule has 136 valence electrons. The maximum atomic E-state index is 12.0. The van der Waals surface area contributed by atoms with Gasteiger partial charge in [-0.15, -0.1) is 0 Å². The molecule has 0 aliphatic carbocycles. The molecular weight excluding hydrogens is 360 g/mol. The Balaban J connectivity index is 1.85. The van der Waals surface area contributed by atoms with Gasteiger partial charge in [0.2, 0.25) is 10.0 Å². The van der Waals surface area contributed by atoms with E-state index < -0.39 is 10.0 Å². The Labute approximate surface area is 154 Å². The summed E-state index contributed by atoms with van der Waals surface area (Å²) in [5.41, 5.74) is 1.07. The van der Waals surface area contributed by atoms with Gasteiger partial charge in [0.25, 0.3) is 0 Å². The largest absolute Gasteiger partial charge is 0.492 e. The van der Waals surface area contributed by atoms with Crippen molar-refractivity contribution in [3.63, 3.8) is 0 Å². The zero-order valence-corrected chi connectivity index (χ0v) is 16.2. The van der Waals surface area contributed by atoms with Crippen molar-refractivity contribution in [3.05, 3.63) is 59.1 Å². The third-order valence-electron chi connectivity index (χ3n) is 3.74. The Morgan fingerprint density at radius 2 is 1.64 bits per heavy atom. The van der Waals surface area contributed by atoms with E-state index in [2.05, 4.69) is 4.90 Å². The van der Waals surface area contributed by atoms with E-state index in [4.69, 9.17) is 16.3 Å². The highest BCUT2D eigenvalue weighted by Gasteiger charge is 2.16. The lowest BCUT2D eigenvalue weighted by Crippen LogP contribution is -2.24. The number of hydrogen-bond donors (Lipinski definition) is 0. The molecule has 0 spiro atoms.